The fraction of sp³-hybridized carbons (Fsp3) is 0.727. The van der Waals surface area contributed by atoms with Gasteiger partial charge in [-0.25, -0.2) is 0 Å². The molecule has 0 saturated heterocycles. The van der Waals surface area contributed by atoms with Crippen molar-refractivity contribution in [3.63, 3.8) is 0 Å². The Labute approximate surface area is 146 Å². The maximum Gasteiger partial charge on any atom is 0.116 e. The second-order valence-electron chi connectivity index (χ2n) is 10.0. The SMILES string of the molecule is Cc1cc(O)cc2c1C1(C)CCC3C(C)(C)C(N)CCC3(C)C1C2. The van der Waals surface area contributed by atoms with E-state index in [1.807, 2.05) is 12.1 Å². The highest BCUT2D eigenvalue weighted by Crippen LogP contribution is 2.67. The van der Waals surface area contributed by atoms with Crippen molar-refractivity contribution in [1.82, 2.24) is 0 Å². The molecule has 0 radical (unpaired) electrons. The van der Waals surface area contributed by atoms with E-state index in [4.69, 9.17) is 5.73 Å². The summed E-state index contributed by atoms with van der Waals surface area (Å²) < 4.78 is 0. The summed E-state index contributed by atoms with van der Waals surface area (Å²) in [7, 11) is 0. The summed E-state index contributed by atoms with van der Waals surface area (Å²) >= 11 is 0. The zero-order valence-electron chi connectivity index (χ0n) is 15.9. The van der Waals surface area contributed by atoms with Crippen molar-refractivity contribution in [3.05, 3.63) is 28.8 Å². The number of benzene rings is 1. The topological polar surface area (TPSA) is 46.2 Å². The van der Waals surface area contributed by atoms with E-state index in [-0.39, 0.29) is 10.8 Å². The number of rotatable bonds is 0. The van der Waals surface area contributed by atoms with Crippen molar-refractivity contribution < 1.29 is 5.11 Å². The Morgan fingerprint density at radius 2 is 1.75 bits per heavy atom. The molecule has 0 aromatic heterocycles. The van der Waals surface area contributed by atoms with Crippen LogP contribution in [0.15, 0.2) is 12.1 Å². The minimum absolute atomic E-state index is 0.223. The van der Waals surface area contributed by atoms with Gasteiger partial charge in [0.15, 0.2) is 0 Å². The number of hydrogen-bond acceptors (Lipinski definition) is 2. The van der Waals surface area contributed by atoms with Crippen LogP contribution in [-0.2, 0) is 11.8 Å². The van der Waals surface area contributed by atoms with Crippen LogP contribution in [0.1, 0.15) is 70.1 Å². The molecular weight excluding hydrogens is 294 g/mol. The van der Waals surface area contributed by atoms with Crippen LogP contribution >= 0.6 is 0 Å². The molecule has 3 aliphatic carbocycles. The Balaban J connectivity index is 1.83. The predicted molar refractivity (Wildman–Crippen MR) is 99.2 cm³/mol. The van der Waals surface area contributed by atoms with Gasteiger partial charge in [-0.2, -0.15) is 0 Å². The van der Waals surface area contributed by atoms with Gasteiger partial charge in [-0.3, -0.25) is 0 Å². The summed E-state index contributed by atoms with van der Waals surface area (Å²) in [6.07, 6.45) is 6.06. The highest BCUT2D eigenvalue weighted by Gasteiger charge is 2.62. The molecule has 2 fully saturated rings. The fourth-order valence-corrected chi connectivity index (χ4v) is 7.38. The lowest BCUT2D eigenvalue weighted by atomic mass is 9.42. The van der Waals surface area contributed by atoms with Crippen LogP contribution in [0.5, 0.6) is 5.75 Å². The Morgan fingerprint density at radius 1 is 1.04 bits per heavy atom. The van der Waals surface area contributed by atoms with E-state index in [2.05, 4.69) is 34.6 Å². The van der Waals surface area contributed by atoms with Crippen molar-refractivity contribution >= 4 is 0 Å². The first-order valence-corrected chi connectivity index (χ1v) is 9.69. The first-order valence-electron chi connectivity index (χ1n) is 9.69. The highest BCUT2D eigenvalue weighted by molar-refractivity contribution is 5.50. The van der Waals surface area contributed by atoms with Crippen LogP contribution in [0.2, 0.25) is 0 Å². The summed E-state index contributed by atoms with van der Waals surface area (Å²) in [5.41, 5.74) is 11.6. The first-order chi connectivity index (χ1) is 11.1. The predicted octanol–water partition coefficient (Wildman–Crippen LogP) is 4.69. The maximum absolute atomic E-state index is 10.1. The van der Waals surface area contributed by atoms with Crippen LogP contribution in [0.3, 0.4) is 0 Å². The molecule has 5 unspecified atom stereocenters. The standard InChI is InChI=1S/C22H33NO/c1-13-10-15(24)11-14-12-17-21(4)9-7-18(23)20(2,3)16(21)6-8-22(17,5)19(13)14/h10-11,16-18,24H,6-9,12,23H2,1-5H3. The summed E-state index contributed by atoms with van der Waals surface area (Å²) in [6, 6.07) is 4.32. The van der Waals surface area contributed by atoms with Crippen molar-refractivity contribution in [2.24, 2.45) is 28.4 Å². The monoisotopic (exact) mass is 327 g/mol. The maximum atomic E-state index is 10.1. The lowest BCUT2D eigenvalue weighted by Crippen LogP contribution is -2.60. The van der Waals surface area contributed by atoms with Crippen LogP contribution in [-0.4, -0.2) is 11.1 Å². The van der Waals surface area contributed by atoms with Gasteiger partial charge in [0.1, 0.15) is 5.75 Å². The Bertz CT molecular complexity index is 693. The number of phenolic OH excluding ortho intramolecular Hbond substituents is 1. The molecular formula is C22H33NO. The molecule has 1 aromatic rings. The van der Waals surface area contributed by atoms with Gasteiger partial charge < -0.3 is 10.8 Å². The lowest BCUT2D eigenvalue weighted by molar-refractivity contribution is -0.107. The third-order valence-corrected chi connectivity index (χ3v) is 8.56. The number of nitrogens with two attached hydrogens (primary N) is 1. The molecule has 2 nitrogen and oxygen atoms in total. The van der Waals surface area contributed by atoms with Crippen LogP contribution in [0, 0.1) is 29.6 Å². The molecule has 0 aliphatic heterocycles. The number of hydrogen-bond donors (Lipinski definition) is 2. The molecule has 132 valence electrons. The van der Waals surface area contributed by atoms with E-state index < -0.39 is 0 Å². The largest absolute Gasteiger partial charge is 0.508 e. The first kappa shape index (κ1) is 16.4. The molecule has 3 aliphatic rings. The summed E-state index contributed by atoms with van der Waals surface area (Å²) in [5.74, 6) is 1.81. The summed E-state index contributed by atoms with van der Waals surface area (Å²) in [5, 5.41) is 10.1. The molecule has 0 bridgehead atoms. The zero-order chi connectivity index (χ0) is 17.5. The molecule has 24 heavy (non-hydrogen) atoms. The second kappa shape index (κ2) is 4.78. The summed E-state index contributed by atoms with van der Waals surface area (Å²) in [4.78, 5) is 0. The number of fused-ring (bicyclic) bond motifs is 5. The molecule has 1 aromatic carbocycles. The van der Waals surface area contributed by atoms with E-state index in [9.17, 15) is 5.11 Å². The van der Waals surface area contributed by atoms with Crippen molar-refractivity contribution in [1.29, 1.82) is 0 Å². The van der Waals surface area contributed by atoms with Gasteiger partial charge in [0.05, 0.1) is 0 Å². The van der Waals surface area contributed by atoms with Gasteiger partial charge in [-0.15, -0.1) is 0 Å². The van der Waals surface area contributed by atoms with Gasteiger partial charge in [-0.05, 0) is 95.9 Å². The third-order valence-electron chi connectivity index (χ3n) is 8.56. The normalized spacial score (nSPS) is 43.0. The van der Waals surface area contributed by atoms with E-state index >= 15 is 0 Å². The smallest absolute Gasteiger partial charge is 0.116 e. The molecule has 0 heterocycles. The third kappa shape index (κ3) is 1.87. The molecule has 2 heteroatoms. The fourth-order valence-electron chi connectivity index (χ4n) is 7.38. The van der Waals surface area contributed by atoms with Crippen LogP contribution in [0.4, 0.5) is 0 Å². The number of aryl methyl sites for hydroxylation is 1. The van der Waals surface area contributed by atoms with Gasteiger partial charge in [-0.1, -0.05) is 27.7 Å². The van der Waals surface area contributed by atoms with Gasteiger partial charge in [0.2, 0.25) is 0 Å². The minimum atomic E-state index is 0.223. The van der Waals surface area contributed by atoms with E-state index in [0.29, 0.717) is 29.0 Å². The van der Waals surface area contributed by atoms with Crippen molar-refractivity contribution in [2.45, 2.75) is 78.2 Å². The van der Waals surface area contributed by atoms with E-state index in [0.717, 1.165) is 12.8 Å². The Kier molecular flexibility index (Phi) is 3.28. The molecule has 2 saturated carbocycles. The number of phenols is 1. The van der Waals surface area contributed by atoms with E-state index in [1.54, 1.807) is 0 Å². The molecule has 4 rings (SSSR count). The molecule has 0 spiro atoms. The van der Waals surface area contributed by atoms with Crippen LogP contribution in [0.25, 0.3) is 0 Å². The summed E-state index contributed by atoms with van der Waals surface area (Å²) in [6.45, 7) is 12.0. The Hall–Kier alpha value is -1.02. The average Bonchev–Trinajstić information content (AvgIpc) is 2.77. The quantitative estimate of drug-likeness (QED) is 0.726. The molecule has 0 amide bonds. The minimum Gasteiger partial charge on any atom is -0.508 e. The van der Waals surface area contributed by atoms with Crippen molar-refractivity contribution in [3.8, 4) is 5.75 Å². The molecule has 3 N–H and O–H groups in total. The zero-order valence-corrected chi connectivity index (χ0v) is 15.9. The van der Waals surface area contributed by atoms with Crippen molar-refractivity contribution in [2.75, 3.05) is 0 Å². The van der Waals surface area contributed by atoms with Gasteiger partial charge in [0.25, 0.3) is 0 Å². The number of aromatic hydroxyl groups is 1. The van der Waals surface area contributed by atoms with Crippen LogP contribution < -0.4 is 5.73 Å². The second-order valence-corrected chi connectivity index (χ2v) is 10.0. The molecule has 5 atom stereocenters. The van der Waals surface area contributed by atoms with Gasteiger partial charge >= 0.3 is 0 Å². The lowest BCUT2D eigenvalue weighted by Gasteiger charge is -2.62. The Morgan fingerprint density at radius 3 is 2.46 bits per heavy atom. The average molecular weight is 328 g/mol. The highest BCUT2D eigenvalue weighted by atomic mass is 16.3. The van der Waals surface area contributed by atoms with Gasteiger partial charge in [0, 0.05) is 6.04 Å². The van der Waals surface area contributed by atoms with E-state index in [1.165, 1.54) is 36.0 Å².